The topological polar surface area (TPSA) is 61.0 Å². The van der Waals surface area contributed by atoms with E-state index in [0.29, 0.717) is 11.6 Å². The number of rotatable bonds is 5. The van der Waals surface area contributed by atoms with Gasteiger partial charge in [-0.1, -0.05) is 20.3 Å². The summed E-state index contributed by atoms with van der Waals surface area (Å²) in [5.41, 5.74) is 2.77. The molecule has 0 spiro atoms. The Bertz CT molecular complexity index is 446. The molecule has 1 aliphatic heterocycles. The average molecular weight is 301 g/mol. The quantitative estimate of drug-likeness (QED) is 0.874. The van der Waals surface area contributed by atoms with Crippen molar-refractivity contribution in [1.29, 1.82) is 0 Å². The maximum atomic E-state index is 12.6. The summed E-state index contributed by atoms with van der Waals surface area (Å²) in [6.45, 7) is 9.60. The van der Waals surface area contributed by atoms with Gasteiger partial charge in [-0.2, -0.15) is 5.10 Å². The number of fused-ring (bicyclic) bond motifs is 1. The second-order valence-electron chi connectivity index (χ2n) is 5.31. The lowest BCUT2D eigenvalue weighted by Gasteiger charge is -2.24. The Morgan fingerprint density at radius 1 is 1.45 bits per heavy atom. The van der Waals surface area contributed by atoms with Gasteiger partial charge in [-0.3, -0.25) is 9.89 Å². The van der Waals surface area contributed by atoms with Gasteiger partial charge in [0.15, 0.2) is 5.69 Å². The van der Waals surface area contributed by atoms with E-state index in [1.807, 2.05) is 11.8 Å². The van der Waals surface area contributed by atoms with Crippen LogP contribution in [0.15, 0.2) is 0 Å². The Kier molecular flexibility index (Phi) is 6.49. The molecule has 6 heteroatoms. The van der Waals surface area contributed by atoms with E-state index in [1.165, 1.54) is 0 Å². The minimum atomic E-state index is 0. The lowest BCUT2D eigenvalue weighted by Crippen LogP contribution is -2.36. The first-order valence-electron chi connectivity index (χ1n) is 7.23. The zero-order valence-corrected chi connectivity index (χ0v) is 13.3. The number of carbonyl (C=O) groups excluding carboxylic acids is 1. The van der Waals surface area contributed by atoms with Crippen LogP contribution >= 0.6 is 12.4 Å². The van der Waals surface area contributed by atoms with Crippen molar-refractivity contribution >= 4 is 18.3 Å². The van der Waals surface area contributed by atoms with Gasteiger partial charge in [0.05, 0.1) is 0 Å². The van der Waals surface area contributed by atoms with Gasteiger partial charge in [0.1, 0.15) is 0 Å². The summed E-state index contributed by atoms with van der Waals surface area (Å²) in [6.07, 6.45) is 2.01. The summed E-state index contributed by atoms with van der Waals surface area (Å²) in [5.74, 6) is 0.584. The molecule has 20 heavy (non-hydrogen) atoms. The maximum absolute atomic E-state index is 12.6. The third kappa shape index (κ3) is 3.52. The molecule has 2 rings (SSSR count). The molecule has 1 aliphatic rings. The molecule has 1 aromatic rings. The van der Waals surface area contributed by atoms with Crippen molar-refractivity contribution < 1.29 is 4.79 Å². The minimum Gasteiger partial charge on any atom is -0.337 e. The summed E-state index contributed by atoms with van der Waals surface area (Å²) in [5, 5.41) is 10.6. The highest BCUT2D eigenvalue weighted by molar-refractivity contribution is 5.94. The highest BCUT2D eigenvalue weighted by Gasteiger charge is 2.25. The first-order chi connectivity index (χ1) is 9.17. The van der Waals surface area contributed by atoms with Crippen LogP contribution in [0, 0.1) is 5.92 Å². The van der Waals surface area contributed by atoms with E-state index in [2.05, 4.69) is 29.4 Å². The summed E-state index contributed by atoms with van der Waals surface area (Å²) in [4.78, 5) is 14.5. The van der Waals surface area contributed by atoms with Crippen LogP contribution in [-0.4, -0.2) is 40.6 Å². The second-order valence-corrected chi connectivity index (χ2v) is 5.31. The fourth-order valence-electron chi connectivity index (χ4n) is 2.41. The van der Waals surface area contributed by atoms with Gasteiger partial charge in [0, 0.05) is 43.9 Å². The van der Waals surface area contributed by atoms with Crippen LogP contribution in [0.1, 0.15) is 48.9 Å². The Balaban J connectivity index is 0.00000200. The van der Waals surface area contributed by atoms with Crippen molar-refractivity contribution in [2.24, 2.45) is 5.92 Å². The molecule has 2 heterocycles. The Morgan fingerprint density at radius 3 is 2.85 bits per heavy atom. The van der Waals surface area contributed by atoms with Crippen LogP contribution in [0.3, 0.4) is 0 Å². The molecule has 0 radical (unpaired) electrons. The van der Waals surface area contributed by atoms with E-state index in [-0.39, 0.29) is 18.3 Å². The maximum Gasteiger partial charge on any atom is 0.274 e. The predicted molar refractivity (Wildman–Crippen MR) is 82.3 cm³/mol. The lowest BCUT2D eigenvalue weighted by atomic mass is 10.1. The summed E-state index contributed by atoms with van der Waals surface area (Å²) in [7, 11) is 0. The van der Waals surface area contributed by atoms with Crippen molar-refractivity contribution in [2.75, 3.05) is 19.6 Å². The molecule has 0 fully saturated rings. The van der Waals surface area contributed by atoms with E-state index in [4.69, 9.17) is 0 Å². The third-order valence-electron chi connectivity index (χ3n) is 3.91. The van der Waals surface area contributed by atoms with Crippen LogP contribution < -0.4 is 5.32 Å². The van der Waals surface area contributed by atoms with Crippen LogP contribution in [0.4, 0.5) is 0 Å². The molecule has 0 aromatic carbocycles. The molecule has 1 atom stereocenters. The van der Waals surface area contributed by atoms with Crippen molar-refractivity contribution in [1.82, 2.24) is 20.4 Å². The molecular formula is C14H25ClN4O. The number of hydrogen-bond acceptors (Lipinski definition) is 3. The fourth-order valence-corrected chi connectivity index (χ4v) is 2.41. The SMILES string of the molecule is CCC(C)CN(CC)C(=O)c1n[nH]c2c1CNCC2.Cl. The lowest BCUT2D eigenvalue weighted by molar-refractivity contribution is 0.0733. The summed E-state index contributed by atoms with van der Waals surface area (Å²) >= 11 is 0. The molecule has 1 amide bonds. The molecule has 114 valence electrons. The molecular weight excluding hydrogens is 276 g/mol. The van der Waals surface area contributed by atoms with Crippen LogP contribution in [0.5, 0.6) is 0 Å². The van der Waals surface area contributed by atoms with Crippen molar-refractivity contribution in [2.45, 2.75) is 40.2 Å². The van der Waals surface area contributed by atoms with E-state index >= 15 is 0 Å². The van der Waals surface area contributed by atoms with E-state index < -0.39 is 0 Å². The number of carbonyl (C=O) groups is 1. The van der Waals surface area contributed by atoms with Crippen molar-refractivity contribution in [3.8, 4) is 0 Å². The monoisotopic (exact) mass is 300 g/mol. The zero-order valence-electron chi connectivity index (χ0n) is 12.5. The fraction of sp³-hybridized carbons (Fsp3) is 0.714. The van der Waals surface area contributed by atoms with E-state index in [1.54, 1.807) is 0 Å². The Morgan fingerprint density at radius 2 is 2.20 bits per heavy atom. The third-order valence-corrected chi connectivity index (χ3v) is 3.91. The van der Waals surface area contributed by atoms with Crippen molar-refractivity contribution in [3.63, 3.8) is 0 Å². The minimum absolute atomic E-state index is 0. The largest absolute Gasteiger partial charge is 0.337 e. The predicted octanol–water partition coefficient (Wildman–Crippen LogP) is 1.99. The van der Waals surface area contributed by atoms with Gasteiger partial charge in [-0.05, 0) is 12.8 Å². The molecule has 0 bridgehead atoms. The molecule has 2 N–H and O–H groups in total. The number of aromatic amines is 1. The zero-order chi connectivity index (χ0) is 13.8. The smallest absolute Gasteiger partial charge is 0.274 e. The number of hydrogen-bond donors (Lipinski definition) is 2. The number of halogens is 1. The first-order valence-corrected chi connectivity index (χ1v) is 7.23. The molecule has 1 unspecified atom stereocenters. The van der Waals surface area contributed by atoms with E-state index in [0.717, 1.165) is 50.3 Å². The number of aromatic nitrogens is 2. The highest BCUT2D eigenvalue weighted by Crippen LogP contribution is 2.17. The van der Waals surface area contributed by atoms with Crippen LogP contribution in [-0.2, 0) is 13.0 Å². The molecule has 1 aromatic heterocycles. The van der Waals surface area contributed by atoms with Gasteiger partial charge >= 0.3 is 0 Å². The normalized spacial score (nSPS) is 15.2. The standard InChI is InChI=1S/C14H24N4O.ClH/c1-4-10(3)9-18(5-2)14(19)13-11-8-15-7-6-12(11)16-17-13;/h10,15H,4-9H2,1-3H3,(H,16,17);1H. The first kappa shape index (κ1) is 17.0. The molecule has 0 aliphatic carbocycles. The number of nitrogens with one attached hydrogen (secondary N) is 2. The second kappa shape index (κ2) is 7.64. The van der Waals surface area contributed by atoms with Gasteiger partial charge in [-0.25, -0.2) is 0 Å². The van der Waals surface area contributed by atoms with Gasteiger partial charge in [0.25, 0.3) is 5.91 Å². The average Bonchev–Trinajstić information content (AvgIpc) is 2.87. The molecule has 0 saturated carbocycles. The number of nitrogens with zero attached hydrogens (tertiary/aromatic N) is 2. The van der Waals surface area contributed by atoms with Gasteiger partial charge in [0.2, 0.25) is 0 Å². The summed E-state index contributed by atoms with van der Waals surface area (Å²) in [6, 6.07) is 0. The Labute approximate surface area is 126 Å². The Hall–Kier alpha value is -1.07. The van der Waals surface area contributed by atoms with Crippen LogP contribution in [0.25, 0.3) is 0 Å². The van der Waals surface area contributed by atoms with Crippen molar-refractivity contribution in [3.05, 3.63) is 17.0 Å². The number of amides is 1. The summed E-state index contributed by atoms with van der Waals surface area (Å²) < 4.78 is 0. The molecule has 0 saturated heterocycles. The molecule has 5 nitrogen and oxygen atoms in total. The van der Waals surface area contributed by atoms with E-state index in [9.17, 15) is 4.79 Å². The number of H-pyrrole nitrogens is 1. The van der Waals surface area contributed by atoms with Crippen LogP contribution in [0.2, 0.25) is 0 Å². The highest BCUT2D eigenvalue weighted by atomic mass is 35.5. The van der Waals surface area contributed by atoms with Gasteiger partial charge in [-0.15, -0.1) is 12.4 Å². The van der Waals surface area contributed by atoms with Gasteiger partial charge < -0.3 is 10.2 Å².